The third-order valence-corrected chi connectivity index (χ3v) is 6.14. The summed E-state index contributed by atoms with van der Waals surface area (Å²) in [5.74, 6) is -2.36. The zero-order chi connectivity index (χ0) is 31.8. The molecule has 3 atom stereocenters. The SMILES string of the molecule is COC(=O)[C@H](Cc1ccccc1)NC(=O)[C@H](Cc1ccccc1)NC(=O)CNC(=O)[C@@H](N)CCCNC(=O)OC(C)(C)C. The molecule has 0 heterocycles. The number of benzene rings is 2. The van der Waals surface area contributed by atoms with Crippen LogP contribution in [0.3, 0.4) is 0 Å². The molecular formula is C31H43N5O7. The Hall–Kier alpha value is -4.45. The summed E-state index contributed by atoms with van der Waals surface area (Å²) >= 11 is 0. The number of amides is 4. The summed E-state index contributed by atoms with van der Waals surface area (Å²) in [6.45, 7) is 5.12. The Balaban J connectivity index is 1.94. The van der Waals surface area contributed by atoms with Crippen LogP contribution in [-0.4, -0.2) is 73.7 Å². The fourth-order valence-corrected chi connectivity index (χ4v) is 4.02. The Morgan fingerprint density at radius 3 is 1.88 bits per heavy atom. The van der Waals surface area contributed by atoms with E-state index < -0.39 is 60.1 Å². The van der Waals surface area contributed by atoms with Crippen LogP contribution < -0.4 is 27.0 Å². The van der Waals surface area contributed by atoms with Gasteiger partial charge in [0.05, 0.1) is 19.7 Å². The molecule has 6 N–H and O–H groups in total. The molecule has 0 saturated heterocycles. The second-order valence-corrected chi connectivity index (χ2v) is 11.0. The summed E-state index contributed by atoms with van der Waals surface area (Å²) in [6, 6.07) is 15.3. The summed E-state index contributed by atoms with van der Waals surface area (Å²) in [5, 5.41) is 10.4. The minimum absolute atomic E-state index is 0.149. The van der Waals surface area contributed by atoms with E-state index in [9.17, 15) is 24.0 Å². The quantitative estimate of drug-likeness (QED) is 0.151. The number of nitrogens with one attached hydrogen (secondary N) is 4. The van der Waals surface area contributed by atoms with Crippen molar-refractivity contribution in [3.8, 4) is 0 Å². The van der Waals surface area contributed by atoms with E-state index in [1.807, 2.05) is 60.7 Å². The summed E-state index contributed by atoms with van der Waals surface area (Å²) < 4.78 is 10.0. The number of esters is 1. The molecule has 0 radical (unpaired) electrons. The highest BCUT2D eigenvalue weighted by Gasteiger charge is 2.28. The van der Waals surface area contributed by atoms with Crippen LogP contribution in [0.25, 0.3) is 0 Å². The van der Waals surface area contributed by atoms with E-state index in [-0.39, 0.29) is 25.8 Å². The van der Waals surface area contributed by atoms with E-state index in [1.165, 1.54) is 7.11 Å². The van der Waals surface area contributed by atoms with Crippen molar-refractivity contribution in [2.75, 3.05) is 20.2 Å². The number of ether oxygens (including phenoxy) is 2. The van der Waals surface area contributed by atoms with Gasteiger partial charge >= 0.3 is 12.1 Å². The van der Waals surface area contributed by atoms with Crippen molar-refractivity contribution in [1.29, 1.82) is 0 Å². The van der Waals surface area contributed by atoms with Crippen molar-refractivity contribution < 1.29 is 33.4 Å². The van der Waals surface area contributed by atoms with Gasteiger partial charge in [-0.2, -0.15) is 0 Å². The van der Waals surface area contributed by atoms with E-state index >= 15 is 0 Å². The molecule has 234 valence electrons. The maximum Gasteiger partial charge on any atom is 0.407 e. The zero-order valence-corrected chi connectivity index (χ0v) is 25.2. The number of hydrogen-bond acceptors (Lipinski definition) is 8. The fraction of sp³-hybridized carbons (Fsp3) is 0.452. The maximum atomic E-state index is 13.3. The predicted octanol–water partition coefficient (Wildman–Crippen LogP) is 1.36. The Bertz CT molecular complexity index is 1200. The van der Waals surface area contributed by atoms with Gasteiger partial charge in [0.15, 0.2) is 0 Å². The minimum atomic E-state index is -1.04. The van der Waals surface area contributed by atoms with Crippen molar-refractivity contribution in [1.82, 2.24) is 21.3 Å². The van der Waals surface area contributed by atoms with Gasteiger partial charge in [-0.3, -0.25) is 14.4 Å². The van der Waals surface area contributed by atoms with Crippen LogP contribution in [0.1, 0.15) is 44.7 Å². The average molecular weight is 598 g/mol. The van der Waals surface area contributed by atoms with Crippen LogP contribution in [0.5, 0.6) is 0 Å². The van der Waals surface area contributed by atoms with Gasteiger partial charge in [-0.25, -0.2) is 9.59 Å². The molecule has 0 unspecified atom stereocenters. The lowest BCUT2D eigenvalue weighted by Gasteiger charge is -2.23. The summed E-state index contributed by atoms with van der Waals surface area (Å²) in [7, 11) is 1.24. The van der Waals surface area contributed by atoms with E-state index in [0.29, 0.717) is 6.42 Å². The zero-order valence-electron chi connectivity index (χ0n) is 25.2. The number of nitrogens with two attached hydrogens (primary N) is 1. The highest BCUT2D eigenvalue weighted by atomic mass is 16.6. The van der Waals surface area contributed by atoms with E-state index in [0.717, 1.165) is 11.1 Å². The number of hydrogen-bond donors (Lipinski definition) is 5. The van der Waals surface area contributed by atoms with Crippen molar-refractivity contribution in [3.05, 3.63) is 71.8 Å². The number of rotatable bonds is 15. The molecule has 0 bridgehead atoms. The molecule has 12 heteroatoms. The summed E-state index contributed by atoms with van der Waals surface area (Å²) in [6.07, 6.45) is 0.471. The molecule has 2 aromatic carbocycles. The molecule has 43 heavy (non-hydrogen) atoms. The first-order valence-corrected chi connectivity index (χ1v) is 14.1. The molecule has 0 fully saturated rings. The molecule has 2 aromatic rings. The van der Waals surface area contributed by atoms with Gasteiger partial charge in [0.1, 0.15) is 17.7 Å². The highest BCUT2D eigenvalue weighted by molar-refractivity contribution is 5.93. The molecule has 0 aromatic heterocycles. The second kappa shape index (κ2) is 17.5. The largest absolute Gasteiger partial charge is 0.467 e. The molecule has 0 aliphatic heterocycles. The normalized spacial score (nSPS) is 13.0. The van der Waals surface area contributed by atoms with Gasteiger partial charge in [-0.1, -0.05) is 60.7 Å². The first-order valence-electron chi connectivity index (χ1n) is 14.1. The first kappa shape index (κ1) is 34.7. The monoisotopic (exact) mass is 597 g/mol. The van der Waals surface area contributed by atoms with Gasteiger partial charge in [0.25, 0.3) is 0 Å². The van der Waals surface area contributed by atoms with Crippen LogP contribution in [0.2, 0.25) is 0 Å². The van der Waals surface area contributed by atoms with Gasteiger partial charge in [0, 0.05) is 19.4 Å². The highest BCUT2D eigenvalue weighted by Crippen LogP contribution is 2.08. The third kappa shape index (κ3) is 13.8. The summed E-state index contributed by atoms with van der Waals surface area (Å²) in [5.41, 5.74) is 6.92. The lowest BCUT2D eigenvalue weighted by atomic mass is 10.0. The third-order valence-electron chi connectivity index (χ3n) is 6.14. The maximum absolute atomic E-state index is 13.3. The van der Waals surface area contributed by atoms with E-state index in [2.05, 4.69) is 21.3 Å². The van der Waals surface area contributed by atoms with Crippen LogP contribution in [-0.2, 0) is 41.5 Å². The van der Waals surface area contributed by atoms with Crippen molar-refractivity contribution >= 4 is 29.8 Å². The van der Waals surface area contributed by atoms with Gasteiger partial charge in [-0.15, -0.1) is 0 Å². The van der Waals surface area contributed by atoms with Crippen molar-refractivity contribution in [2.45, 2.75) is 70.2 Å². The lowest BCUT2D eigenvalue weighted by molar-refractivity contribution is -0.145. The Kier molecular flexibility index (Phi) is 14.1. The molecule has 12 nitrogen and oxygen atoms in total. The number of alkyl carbamates (subject to hydrolysis) is 1. The average Bonchev–Trinajstić information content (AvgIpc) is 2.97. The molecule has 0 saturated carbocycles. The van der Waals surface area contributed by atoms with Crippen LogP contribution in [0.15, 0.2) is 60.7 Å². The molecule has 0 aliphatic rings. The number of carbonyl (C=O) groups is 5. The van der Waals surface area contributed by atoms with Gasteiger partial charge in [0.2, 0.25) is 17.7 Å². The van der Waals surface area contributed by atoms with E-state index in [4.69, 9.17) is 15.2 Å². The second-order valence-electron chi connectivity index (χ2n) is 11.0. The number of methoxy groups -OCH3 is 1. The summed E-state index contributed by atoms with van der Waals surface area (Å²) in [4.78, 5) is 62.8. The molecule has 0 spiro atoms. The van der Waals surface area contributed by atoms with Gasteiger partial charge in [-0.05, 0) is 44.7 Å². The van der Waals surface area contributed by atoms with Crippen LogP contribution >= 0.6 is 0 Å². The Labute approximate surface area is 252 Å². The van der Waals surface area contributed by atoms with E-state index in [1.54, 1.807) is 20.8 Å². The predicted molar refractivity (Wildman–Crippen MR) is 161 cm³/mol. The fourth-order valence-electron chi connectivity index (χ4n) is 4.02. The topological polar surface area (TPSA) is 178 Å². The molecule has 2 rings (SSSR count). The first-order chi connectivity index (χ1) is 20.4. The smallest absolute Gasteiger partial charge is 0.407 e. The van der Waals surface area contributed by atoms with Crippen LogP contribution in [0, 0.1) is 0 Å². The minimum Gasteiger partial charge on any atom is -0.467 e. The van der Waals surface area contributed by atoms with Crippen LogP contribution in [0.4, 0.5) is 4.79 Å². The van der Waals surface area contributed by atoms with Crippen molar-refractivity contribution in [3.63, 3.8) is 0 Å². The molecular weight excluding hydrogens is 554 g/mol. The molecule has 0 aliphatic carbocycles. The Morgan fingerprint density at radius 1 is 0.791 bits per heavy atom. The van der Waals surface area contributed by atoms with Gasteiger partial charge < -0.3 is 36.5 Å². The standard InChI is InChI=1S/C31H43N5O7/c1-31(2,3)43-30(41)33-17-11-16-23(32)27(38)34-20-26(37)35-24(18-21-12-7-5-8-13-21)28(39)36-25(29(40)42-4)19-22-14-9-6-10-15-22/h5-10,12-15,23-25H,11,16-20,32H2,1-4H3,(H,33,41)(H,34,38)(H,35,37)(H,36,39)/t23-,24-,25-/m0/s1. The number of carbonyl (C=O) groups excluding carboxylic acids is 5. The lowest BCUT2D eigenvalue weighted by Crippen LogP contribution is -2.55. The Morgan fingerprint density at radius 2 is 1.35 bits per heavy atom. The van der Waals surface area contributed by atoms with Crippen molar-refractivity contribution in [2.24, 2.45) is 5.73 Å². The molecule has 4 amide bonds.